The Labute approximate surface area is 157 Å². The van der Waals surface area contributed by atoms with Crippen LogP contribution in [-0.4, -0.2) is 37.9 Å². The van der Waals surface area contributed by atoms with Crippen LogP contribution < -0.4 is 0 Å². The van der Waals surface area contributed by atoms with Crippen molar-refractivity contribution < 1.29 is 18.8 Å². The van der Waals surface area contributed by atoms with Gasteiger partial charge in [0.15, 0.2) is 14.4 Å². The second-order valence-corrected chi connectivity index (χ2v) is 11.5. The third kappa shape index (κ3) is 4.18. The molecule has 1 aromatic carbocycles. The van der Waals surface area contributed by atoms with Gasteiger partial charge >= 0.3 is 6.09 Å². The molecule has 0 bridgehead atoms. The smallest absolute Gasteiger partial charge is 0.417 e. The van der Waals surface area contributed by atoms with E-state index in [1.807, 2.05) is 37.3 Å². The minimum Gasteiger partial charge on any atom is -0.449 e. The van der Waals surface area contributed by atoms with Crippen molar-refractivity contribution in [2.45, 2.75) is 70.8 Å². The third-order valence-electron chi connectivity index (χ3n) is 5.42. The Balaban J connectivity index is 2.23. The van der Waals surface area contributed by atoms with Crippen molar-refractivity contribution in [2.75, 3.05) is 6.61 Å². The second-order valence-electron chi connectivity index (χ2n) is 6.81. The van der Waals surface area contributed by atoms with Crippen LogP contribution in [0.2, 0.25) is 18.1 Å². The molecule has 5 nitrogen and oxygen atoms in total. The molecule has 0 spiro atoms. The Hall–Kier alpha value is -1.66. The Kier molecular flexibility index (Phi) is 7.40. The predicted octanol–water partition coefficient (Wildman–Crippen LogP) is 4.90. The van der Waals surface area contributed by atoms with Gasteiger partial charge in [-0.05, 0) is 30.1 Å². The molecule has 0 N–H and O–H groups in total. The van der Waals surface area contributed by atoms with Crippen molar-refractivity contribution in [1.29, 1.82) is 0 Å². The van der Waals surface area contributed by atoms with Crippen molar-refractivity contribution in [3.05, 3.63) is 35.9 Å². The van der Waals surface area contributed by atoms with Crippen LogP contribution in [0.4, 0.5) is 4.79 Å². The van der Waals surface area contributed by atoms with E-state index in [0.29, 0.717) is 6.61 Å². The zero-order valence-electron chi connectivity index (χ0n) is 16.4. The molecular weight excluding hydrogens is 346 g/mol. The van der Waals surface area contributed by atoms with E-state index in [9.17, 15) is 9.59 Å². The number of benzene rings is 1. The van der Waals surface area contributed by atoms with Gasteiger partial charge < -0.3 is 9.16 Å². The van der Waals surface area contributed by atoms with Crippen LogP contribution in [0.5, 0.6) is 0 Å². The normalized spacial score (nSPS) is 20.0. The number of carbonyl (C=O) groups excluding carboxylic acids is 2. The van der Waals surface area contributed by atoms with Crippen molar-refractivity contribution in [1.82, 2.24) is 4.90 Å². The number of nitrogens with zero attached hydrogens (tertiary/aromatic N) is 1. The summed E-state index contributed by atoms with van der Waals surface area (Å²) < 4.78 is 11.7. The van der Waals surface area contributed by atoms with Gasteiger partial charge in [-0.3, -0.25) is 4.79 Å². The van der Waals surface area contributed by atoms with E-state index in [-0.39, 0.29) is 5.91 Å². The van der Waals surface area contributed by atoms with Crippen molar-refractivity contribution in [2.24, 2.45) is 0 Å². The average molecular weight is 378 g/mol. The van der Waals surface area contributed by atoms with E-state index in [4.69, 9.17) is 9.16 Å². The summed E-state index contributed by atoms with van der Waals surface area (Å²) in [5.74, 6) is -0.271. The number of likely N-dealkylation sites (tertiary alicyclic amines) is 1. The van der Waals surface area contributed by atoms with Crippen LogP contribution in [0.1, 0.15) is 52.1 Å². The molecule has 1 fully saturated rings. The molecule has 1 heterocycles. The molecular formula is C20H31NO4Si. The van der Waals surface area contributed by atoms with Gasteiger partial charge in [0.25, 0.3) is 5.91 Å². The van der Waals surface area contributed by atoms with E-state index < -0.39 is 26.6 Å². The molecule has 0 saturated carbocycles. The lowest BCUT2D eigenvalue weighted by molar-refractivity contribution is -0.160. The molecule has 0 aliphatic carbocycles. The van der Waals surface area contributed by atoms with E-state index in [0.717, 1.165) is 36.5 Å². The first-order valence-corrected chi connectivity index (χ1v) is 12.3. The number of unbranched alkanes of at least 4 members (excludes halogenated alkanes) is 1. The van der Waals surface area contributed by atoms with Crippen LogP contribution in [0, 0.1) is 0 Å². The van der Waals surface area contributed by atoms with Gasteiger partial charge in [-0.2, -0.15) is 0 Å². The highest BCUT2D eigenvalue weighted by Gasteiger charge is 2.55. The summed E-state index contributed by atoms with van der Waals surface area (Å²) in [5.41, 5.74) is 0.913. The molecule has 1 aromatic rings. The van der Waals surface area contributed by atoms with Crippen LogP contribution in [0.3, 0.4) is 0 Å². The van der Waals surface area contributed by atoms with Crippen molar-refractivity contribution >= 4 is 20.3 Å². The van der Waals surface area contributed by atoms with Crippen molar-refractivity contribution in [3.63, 3.8) is 0 Å². The van der Waals surface area contributed by atoms with Crippen LogP contribution >= 0.6 is 0 Å². The highest BCUT2D eigenvalue weighted by atomic mass is 28.4. The summed E-state index contributed by atoms with van der Waals surface area (Å²) in [4.78, 5) is 26.5. The highest BCUT2D eigenvalue weighted by molar-refractivity contribution is 6.73. The zero-order chi connectivity index (χ0) is 19.2. The largest absolute Gasteiger partial charge is 0.449 e. The average Bonchev–Trinajstić information content (AvgIpc) is 2.68. The number of imide groups is 1. The summed E-state index contributed by atoms with van der Waals surface area (Å²) >= 11 is 0. The molecule has 6 heteroatoms. The Bertz CT molecular complexity index is 595. The maximum atomic E-state index is 12.8. The number of hydrogen-bond donors (Lipinski definition) is 0. The summed E-state index contributed by atoms with van der Waals surface area (Å²) in [6.07, 6.45) is 0.588. The third-order valence-corrected chi connectivity index (χ3v) is 10.0. The zero-order valence-corrected chi connectivity index (χ0v) is 17.4. The quantitative estimate of drug-likeness (QED) is 0.349. The molecule has 1 saturated heterocycles. The fourth-order valence-corrected chi connectivity index (χ4v) is 6.17. The first-order chi connectivity index (χ1) is 12.5. The summed E-state index contributed by atoms with van der Waals surface area (Å²) in [5, 5.41) is 0. The molecule has 2 atom stereocenters. The van der Waals surface area contributed by atoms with Gasteiger partial charge in [0.2, 0.25) is 0 Å². The van der Waals surface area contributed by atoms with Gasteiger partial charge in [0.1, 0.15) is 6.04 Å². The molecule has 144 valence electrons. The summed E-state index contributed by atoms with van der Waals surface area (Å²) in [7, 11) is -1.96. The van der Waals surface area contributed by atoms with E-state index in [2.05, 4.69) is 20.8 Å². The molecule has 0 unspecified atom stereocenters. The summed E-state index contributed by atoms with van der Waals surface area (Å²) in [6, 6.07) is 12.1. The molecule has 1 aliphatic rings. The SMILES string of the molecule is CCCCOC(=O)N1C(=O)[C@H](O[Si](CC)(CC)CC)[C@H]1c1ccccc1. The minimum atomic E-state index is -1.96. The minimum absolute atomic E-state index is 0.271. The predicted molar refractivity (Wildman–Crippen MR) is 104 cm³/mol. The monoisotopic (exact) mass is 377 g/mol. The van der Waals surface area contributed by atoms with Gasteiger partial charge in [0, 0.05) is 0 Å². The first-order valence-electron chi connectivity index (χ1n) is 9.76. The molecule has 2 rings (SSSR count). The standard InChI is InChI=1S/C20H31NO4Si/c1-5-9-15-24-20(23)21-17(16-13-11-10-12-14-16)18(19(21)22)25-26(6-2,7-3)8-4/h10-14,17-18H,5-9,15H2,1-4H3/t17-,18-/m1/s1. The lowest BCUT2D eigenvalue weighted by atomic mass is 9.91. The maximum absolute atomic E-state index is 12.8. The van der Waals surface area contributed by atoms with Crippen LogP contribution in [0.25, 0.3) is 0 Å². The van der Waals surface area contributed by atoms with Crippen LogP contribution in [-0.2, 0) is 14.0 Å². The molecule has 1 aliphatic heterocycles. The molecule has 2 amide bonds. The van der Waals surface area contributed by atoms with Crippen molar-refractivity contribution in [3.8, 4) is 0 Å². The fraction of sp³-hybridized carbons (Fsp3) is 0.600. The number of rotatable bonds is 9. The molecule has 0 radical (unpaired) electrons. The Morgan fingerprint density at radius 2 is 1.69 bits per heavy atom. The number of carbonyl (C=O) groups is 2. The molecule has 26 heavy (non-hydrogen) atoms. The second kappa shape index (κ2) is 9.32. The highest BCUT2D eigenvalue weighted by Crippen LogP contribution is 2.40. The molecule has 0 aromatic heterocycles. The lowest BCUT2D eigenvalue weighted by Gasteiger charge is -2.48. The lowest BCUT2D eigenvalue weighted by Crippen LogP contribution is -2.64. The maximum Gasteiger partial charge on any atom is 0.417 e. The van der Waals surface area contributed by atoms with E-state index in [1.165, 1.54) is 4.90 Å². The van der Waals surface area contributed by atoms with Gasteiger partial charge in [-0.1, -0.05) is 64.4 Å². The fourth-order valence-electron chi connectivity index (χ4n) is 3.40. The van der Waals surface area contributed by atoms with Gasteiger partial charge in [0.05, 0.1) is 6.61 Å². The number of amides is 2. The number of hydrogen-bond acceptors (Lipinski definition) is 4. The Morgan fingerprint density at radius 3 is 2.23 bits per heavy atom. The van der Waals surface area contributed by atoms with Crippen LogP contribution in [0.15, 0.2) is 30.3 Å². The number of ether oxygens (including phenoxy) is 1. The van der Waals surface area contributed by atoms with E-state index >= 15 is 0 Å². The van der Waals surface area contributed by atoms with E-state index in [1.54, 1.807) is 0 Å². The number of β-lactam (4-membered cyclic amide) rings is 1. The topological polar surface area (TPSA) is 55.8 Å². The first kappa shape index (κ1) is 20.6. The Morgan fingerprint density at radius 1 is 1.08 bits per heavy atom. The van der Waals surface area contributed by atoms with Gasteiger partial charge in [-0.25, -0.2) is 9.69 Å². The van der Waals surface area contributed by atoms with Gasteiger partial charge in [-0.15, -0.1) is 0 Å². The summed E-state index contributed by atoms with van der Waals surface area (Å²) in [6.45, 7) is 8.78.